The first-order chi connectivity index (χ1) is 10.8. The molecule has 1 aromatic carbocycles. The van der Waals surface area contributed by atoms with Crippen molar-refractivity contribution >= 4 is 23.2 Å². The van der Waals surface area contributed by atoms with Crippen molar-refractivity contribution < 1.29 is 14.3 Å². The Bertz CT molecular complexity index is 669. The molecule has 0 aliphatic carbocycles. The molecule has 0 aliphatic heterocycles. The number of carbonyl (C=O) groups is 2. The number of amides is 1. The number of ether oxygens (including phenoxy) is 1. The van der Waals surface area contributed by atoms with Crippen LogP contribution in [0.4, 0.5) is 0 Å². The van der Waals surface area contributed by atoms with Crippen LogP contribution in [0.25, 0.3) is 0 Å². The zero-order chi connectivity index (χ0) is 17.0. The Labute approximate surface area is 140 Å². The quantitative estimate of drug-likeness (QED) is 0.865. The molecule has 1 atom stereocenters. The van der Waals surface area contributed by atoms with Gasteiger partial charge in [-0.05, 0) is 39.1 Å². The molecule has 0 aliphatic rings. The molecule has 1 heterocycles. The van der Waals surface area contributed by atoms with Gasteiger partial charge < -0.3 is 10.1 Å². The minimum atomic E-state index is -0.968. The Morgan fingerprint density at radius 3 is 2.30 bits per heavy atom. The minimum absolute atomic E-state index is 0.328. The average molecular weight is 331 g/mol. The number of rotatable bonds is 4. The van der Waals surface area contributed by atoms with Crippen LogP contribution in [0.1, 0.15) is 47.7 Å². The van der Waals surface area contributed by atoms with E-state index in [4.69, 9.17) is 4.74 Å². The van der Waals surface area contributed by atoms with E-state index in [-0.39, 0.29) is 5.91 Å². The average Bonchev–Trinajstić information content (AvgIpc) is 2.98. The van der Waals surface area contributed by atoms with Crippen molar-refractivity contribution in [2.24, 2.45) is 0 Å². The van der Waals surface area contributed by atoms with Crippen molar-refractivity contribution in [3.05, 3.63) is 57.8 Å². The Morgan fingerprint density at radius 2 is 1.78 bits per heavy atom. The topological polar surface area (TPSA) is 55.4 Å². The highest BCUT2D eigenvalue weighted by Crippen LogP contribution is 2.22. The second-order valence-electron chi connectivity index (χ2n) is 6.41. The smallest absolute Gasteiger partial charge is 0.349 e. The molecule has 0 saturated heterocycles. The summed E-state index contributed by atoms with van der Waals surface area (Å²) in [6.45, 7) is 7.63. The van der Waals surface area contributed by atoms with Gasteiger partial charge in [-0.3, -0.25) is 4.79 Å². The van der Waals surface area contributed by atoms with Gasteiger partial charge in [-0.2, -0.15) is 0 Å². The first-order valence-corrected chi connectivity index (χ1v) is 8.27. The molecular weight excluding hydrogens is 310 g/mol. The van der Waals surface area contributed by atoms with Crippen molar-refractivity contribution in [1.29, 1.82) is 0 Å². The SMILES string of the molecule is Cc1ccc(C(OC(=O)c2cccs2)C(=O)NC(C)(C)C)cc1. The second kappa shape index (κ2) is 6.96. The number of hydrogen-bond acceptors (Lipinski definition) is 4. The molecule has 2 aromatic rings. The number of thiophene rings is 1. The molecule has 4 nitrogen and oxygen atoms in total. The highest BCUT2D eigenvalue weighted by atomic mass is 32.1. The fourth-order valence-electron chi connectivity index (χ4n) is 2.01. The van der Waals surface area contributed by atoms with Gasteiger partial charge >= 0.3 is 5.97 Å². The third-order valence-electron chi connectivity index (χ3n) is 3.06. The molecule has 0 fully saturated rings. The second-order valence-corrected chi connectivity index (χ2v) is 7.36. The van der Waals surface area contributed by atoms with Gasteiger partial charge in [0.1, 0.15) is 4.88 Å². The molecule has 0 spiro atoms. The molecule has 1 amide bonds. The van der Waals surface area contributed by atoms with E-state index in [1.807, 2.05) is 52.0 Å². The van der Waals surface area contributed by atoms with Gasteiger partial charge in [0.25, 0.3) is 5.91 Å². The van der Waals surface area contributed by atoms with Crippen molar-refractivity contribution in [3.63, 3.8) is 0 Å². The lowest BCUT2D eigenvalue weighted by atomic mass is 10.0. The monoisotopic (exact) mass is 331 g/mol. The third kappa shape index (κ3) is 4.93. The number of benzene rings is 1. The van der Waals surface area contributed by atoms with Crippen molar-refractivity contribution in [2.75, 3.05) is 0 Å². The molecule has 2 rings (SSSR count). The van der Waals surface area contributed by atoms with Crippen molar-refractivity contribution in [1.82, 2.24) is 5.32 Å². The van der Waals surface area contributed by atoms with Gasteiger partial charge in [-0.1, -0.05) is 35.9 Å². The zero-order valence-electron chi connectivity index (χ0n) is 13.8. The molecule has 23 heavy (non-hydrogen) atoms. The van der Waals surface area contributed by atoms with E-state index in [1.165, 1.54) is 11.3 Å². The lowest BCUT2D eigenvalue weighted by Crippen LogP contribution is -2.44. The van der Waals surface area contributed by atoms with E-state index in [1.54, 1.807) is 17.5 Å². The van der Waals surface area contributed by atoms with Gasteiger partial charge in [0, 0.05) is 11.1 Å². The summed E-state index contributed by atoms with van der Waals surface area (Å²) in [6.07, 6.45) is -0.968. The van der Waals surface area contributed by atoms with Crippen LogP contribution in [0.2, 0.25) is 0 Å². The molecule has 1 aromatic heterocycles. The van der Waals surface area contributed by atoms with E-state index in [0.29, 0.717) is 10.4 Å². The van der Waals surface area contributed by atoms with Gasteiger partial charge in [-0.15, -0.1) is 11.3 Å². The summed E-state index contributed by atoms with van der Waals surface area (Å²) in [5.41, 5.74) is 1.32. The first kappa shape index (κ1) is 17.2. The molecule has 1 N–H and O–H groups in total. The minimum Gasteiger partial charge on any atom is -0.443 e. The first-order valence-electron chi connectivity index (χ1n) is 7.39. The third-order valence-corrected chi connectivity index (χ3v) is 3.91. The highest BCUT2D eigenvalue weighted by Gasteiger charge is 2.28. The van der Waals surface area contributed by atoms with Crippen LogP contribution < -0.4 is 5.32 Å². The molecule has 0 bridgehead atoms. The zero-order valence-corrected chi connectivity index (χ0v) is 14.6. The summed E-state index contributed by atoms with van der Waals surface area (Å²) in [6, 6.07) is 10.9. The Morgan fingerprint density at radius 1 is 1.13 bits per heavy atom. The Balaban J connectivity index is 2.25. The Hall–Kier alpha value is -2.14. The Kier molecular flexibility index (Phi) is 5.21. The number of aryl methyl sites for hydroxylation is 1. The maximum Gasteiger partial charge on any atom is 0.349 e. The molecular formula is C18H21NO3S. The molecule has 1 unspecified atom stereocenters. The number of hydrogen-bond donors (Lipinski definition) is 1. The van der Waals surface area contributed by atoms with Crippen LogP contribution >= 0.6 is 11.3 Å². The predicted octanol–water partition coefficient (Wildman–Crippen LogP) is 3.87. The van der Waals surface area contributed by atoms with Crippen LogP contribution in [-0.2, 0) is 9.53 Å². The number of carbonyl (C=O) groups excluding carboxylic acids is 2. The van der Waals surface area contributed by atoms with Gasteiger partial charge in [0.05, 0.1) is 0 Å². The summed E-state index contributed by atoms with van der Waals surface area (Å²) in [4.78, 5) is 25.3. The summed E-state index contributed by atoms with van der Waals surface area (Å²) in [5, 5.41) is 4.67. The highest BCUT2D eigenvalue weighted by molar-refractivity contribution is 7.11. The van der Waals surface area contributed by atoms with Crippen LogP contribution in [0, 0.1) is 6.92 Å². The molecule has 0 radical (unpaired) electrons. The molecule has 122 valence electrons. The van der Waals surface area contributed by atoms with E-state index >= 15 is 0 Å². The lowest BCUT2D eigenvalue weighted by molar-refractivity contribution is -0.131. The summed E-state index contributed by atoms with van der Waals surface area (Å²) < 4.78 is 5.49. The fourth-order valence-corrected chi connectivity index (χ4v) is 2.61. The lowest BCUT2D eigenvalue weighted by Gasteiger charge is -2.25. The summed E-state index contributed by atoms with van der Waals surface area (Å²) >= 11 is 1.29. The largest absolute Gasteiger partial charge is 0.443 e. The van der Waals surface area contributed by atoms with Gasteiger partial charge in [0.15, 0.2) is 0 Å². The van der Waals surface area contributed by atoms with Crippen LogP contribution in [0.3, 0.4) is 0 Å². The number of nitrogens with one attached hydrogen (secondary N) is 1. The maximum absolute atomic E-state index is 12.6. The molecule has 5 heteroatoms. The van der Waals surface area contributed by atoms with E-state index in [0.717, 1.165) is 5.56 Å². The van der Waals surface area contributed by atoms with Gasteiger partial charge in [-0.25, -0.2) is 4.79 Å². The maximum atomic E-state index is 12.6. The predicted molar refractivity (Wildman–Crippen MR) is 91.6 cm³/mol. The van der Waals surface area contributed by atoms with Gasteiger partial charge in [0.2, 0.25) is 6.10 Å². The van der Waals surface area contributed by atoms with Crippen LogP contribution in [0.5, 0.6) is 0 Å². The van der Waals surface area contributed by atoms with E-state index in [9.17, 15) is 9.59 Å². The fraction of sp³-hybridized carbons (Fsp3) is 0.333. The number of esters is 1. The van der Waals surface area contributed by atoms with E-state index in [2.05, 4.69) is 5.32 Å². The van der Waals surface area contributed by atoms with Crippen LogP contribution in [0.15, 0.2) is 41.8 Å². The standard InChI is InChI=1S/C18H21NO3S/c1-12-7-9-13(10-8-12)15(16(20)19-18(2,3)4)22-17(21)14-6-5-11-23-14/h5-11,15H,1-4H3,(H,19,20). The summed E-state index contributed by atoms with van der Waals surface area (Å²) in [7, 11) is 0. The van der Waals surface area contributed by atoms with Crippen molar-refractivity contribution in [2.45, 2.75) is 39.3 Å². The summed E-state index contributed by atoms with van der Waals surface area (Å²) in [5.74, 6) is -0.819. The van der Waals surface area contributed by atoms with E-state index < -0.39 is 17.6 Å². The van der Waals surface area contributed by atoms with Crippen molar-refractivity contribution in [3.8, 4) is 0 Å². The normalized spacial score (nSPS) is 12.5. The molecule has 0 saturated carbocycles. The van der Waals surface area contributed by atoms with Crippen LogP contribution in [-0.4, -0.2) is 17.4 Å².